The minimum Gasteiger partial charge on any atom is -0.455 e. The Bertz CT molecular complexity index is 1180. The van der Waals surface area contributed by atoms with E-state index in [0.29, 0.717) is 17.2 Å². The van der Waals surface area contributed by atoms with Gasteiger partial charge in [-0.25, -0.2) is 0 Å². The summed E-state index contributed by atoms with van der Waals surface area (Å²) in [6.07, 6.45) is 0. The Labute approximate surface area is 185 Å². The van der Waals surface area contributed by atoms with E-state index in [2.05, 4.69) is 5.32 Å². The number of nitrogens with one attached hydrogen (secondary N) is 1. The highest BCUT2D eigenvalue weighted by molar-refractivity contribution is 6.05. The van der Waals surface area contributed by atoms with Crippen molar-refractivity contribution in [1.29, 1.82) is 0 Å². The number of carbonyl (C=O) groups is 3. The number of para-hydroxylation sites is 2. The van der Waals surface area contributed by atoms with Crippen LogP contribution in [0.4, 0.5) is 5.69 Å². The third kappa shape index (κ3) is 5.72. The van der Waals surface area contributed by atoms with E-state index in [0.717, 1.165) is 11.1 Å². The van der Waals surface area contributed by atoms with Crippen molar-refractivity contribution in [2.45, 2.75) is 27.7 Å². The number of aryl methyl sites for hydroxylation is 2. The molecule has 1 amide bonds. The van der Waals surface area contributed by atoms with Crippen LogP contribution in [0.25, 0.3) is 0 Å². The van der Waals surface area contributed by atoms with Crippen molar-refractivity contribution >= 4 is 23.5 Å². The molecule has 0 saturated heterocycles. The summed E-state index contributed by atoms with van der Waals surface area (Å²) < 4.78 is 16.1. The molecule has 0 unspecified atom stereocenters. The molecule has 0 atom stereocenters. The zero-order chi connectivity index (χ0) is 23.3. The van der Waals surface area contributed by atoms with Crippen LogP contribution >= 0.6 is 0 Å². The van der Waals surface area contributed by atoms with Crippen LogP contribution in [0.5, 0.6) is 23.0 Å². The van der Waals surface area contributed by atoms with Crippen molar-refractivity contribution < 1.29 is 28.6 Å². The first-order valence-corrected chi connectivity index (χ1v) is 9.89. The smallest absolute Gasteiger partial charge is 0.308 e. The van der Waals surface area contributed by atoms with Gasteiger partial charge in [0.2, 0.25) is 0 Å². The molecule has 1 N–H and O–H groups in total. The monoisotopic (exact) mass is 433 g/mol. The van der Waals surface area contributed by atoms with Gasteiger partial charge in [-0.3, -0.25) is 14.4 Å². The minimum absolute atomic E-state index is 0.0278. The number of esters is 2. The van der Waals surface area contributed by atoms with Gasteiger partial charge in [-0.05, 0) is 67.4 Å². The Morgan fingerprint density at radius 3 is 2.09 bits per heavy atom. The van der Waals surface area contributed by atoms with Crippen molar-refractivity contribution in [2.75, 3.05) is 5.32 Å². The molecule has 0 heterocycles. The second-order valence-electron chi connectivity index (χ2n) is 7.15. The number of benzene rings is 3. The van der Waals surface area contributed by atoms with Gasteiger partial charge in [0.25, 0.3) is 5.91 Å². The summed E-state index contributed by atoms with van der Waals surface area (Å²) in [6, 6.07) is 17.0. The fourth-order valence-electron chi connectivity index (χ4n) is 2.88. The highest BCUT2D eigenvalue weighted by atomic mass is 16.6. The summed E-state index contributed by atoms with van der Waals surface area (Å²) in [5, 5.41) is 2.80. The van der Waals surface area contributed by atoms with E-state index in [1.54, 1.807) is 24.3 Å². The van der Waals surface area contributed by atoms with Gasteiger partial charge in [0.1, 0.15) is 5.75 Å². The molecule has 0 aliphatic carbocycles. The molecule has 3 aromatic rings. The van der Waals surface area contributed by atoms with Crippen molar-refractivity contribution in [1.82, 2.24) is 0 Å². The third-order valence-electron chi connectivity index (χ3n) is 4.55. The summed E-state index contributed by atoms with van der Waals surface area (Å²) in [7, 11) is 0. The molecule has 0 bridgehead atoms. The maximum absolute atomic E-state index is 12.9. The number of hydrogen-bond donors (Lipinski definition) is 1. The molecule has 0 aliphatic heterocycles. The van der Waals surface area contributed by atoms with Gasteiger partial charge in [-0.1, -0.05) is 18.2 Å². The lowest BCUT2D eigenvalue weighted by atomic mass is 10.1. The molecule has 0 fully saturated rings. The molecule has 0 saturated carbocycles. The number of rotatable bonds is 6. The lowest BCUT2D eigenvalue weighted by Gasteiger charge is -2.14. The fourth-order valence-corrected chi connectivity index (χ4v) is 2.88. The molecule has 7 nitrogen and oxygen atoms in total. The molecule has 32 heavy (non-hydrogen) atoms. The minimum atomic E-state index is -0.608. The van der Waals surface area contributed by atoms with E-state index in [4.69, 9.17) is 14.2 Å². The van der Waals surface area contributed by atoms with Crippen LogP contribution in [0.15, 0.2) is 60.7 Å². The van der Waals surface area contributed by atoms with E-state index in [1.807, 2.05) is 32.0 Å². The lowest BCUT2D eigenvalue weighted by Crippen LogP contribution is -2.14. The number of ether oxygens (including phenoxy) is 3. The van der Waals surface area contributed by atoms with Gasteiger partial charge < -0.3 is 19.5 Å². The maximum atomic E-state index is 12.9. The molecule has 3 aromatic carbocycles. The molecule has 3 rings (SSSR count). The zero-order valence-electron chi connectivity index (χ0n) is 18.2. The average molecular weight is 433 g/mol. The molecule has 7 heteroatoms. The van der Waals surface area contributed by atoms with E-state index >= 15 is 0 Å². The van der Waals surface area contributed by atoms with Crippen molar-refractivity contribution in [2.24, 2.45) is 0 Å². The molecule has 0 radical (unpaired) electrons. The highest BCUT2D eigenvalue weighted by Crippen LogP contribution is 2.32. The van der Waals surface area contributed by atoms with Gasteiger partial charge >= 0.3 is 11.9 Å². The first-order valence-electron chi connectivity index (χ1n) is 9.89. The number of anilines is 1. The summed E-state index contributed by atoms with van der Waals surface area (Å²) in [5.41, 5.74) is 2.92. The van der Waals surface area contributed by atoms with Crippen LogP contribution in [0.2, 0.25) is 0 Å². The second kappa shape index (κ2) is 9.78. The molecule has 0 spiro atoms. The quantitative estimate of drug-likeness (QED) is 0.424. The van der Waals surface area contributed by atoms with Crippen molar-refractivity contribution in [3.05, 3.63) is 77.4 Å². The Kier molecular flexibility index (Phi) is 6.90. The van der Waals surface area contributed by atoms with Crippen LogP contribution in [-0.4, -0.2) is 17.8 Å². The normalized spacial score (nSPS) is 10.2. The Morgan fingerprint density at radius 2 is 1.41 bits per heavy atom. The maximum Gasteiger partial charge on any atom is 0.308 e. The van der Waals surface area contributed by atoms with E-state index in [9.17, 15) is 14.4 Å². The van der Waals surface area contributed by atoms with E-state index in [1.165, 1.54) is 32.0 Å². The first kappa shape index (κ1) is 22.6. The standard InChI is InChI=1S/C25H23NO6/c1-15-9-11-20(13-16(15)2)32-22-8-6-5-7-21(22)26-25(29)19-10-12-23(30-17(3)27)24(14-19)31-18(4)28/h5-14H,1-4H3,(H,26,29). The van der Waals surface area contributed by atoms with Gasteiger partial charge in [-0.15, -0.1) is 0 Å². The van der Waals surface area contributed by atoms with Gasteiger partial charge in [0.15, 0.2) is 17.2 Å². The van der Waals surface area contributed by atoms with Crippen LogP contribution in [0, 0.1) is 13.8 Å². The average Bonchev–Trinajstić information content (AvgIpc) is 2.72. The molecule has 0 aliphatic rings. The first-order chi connectivity index (χ1) is 15.2. The highest BCUT2D eigenvalue weighted by Gasteiger charge is 2.16. The van der Waals surface area contributed by atoms with Gasteiger partial charge in [0, 0.05) is 19.4 Å². The van der Waals surface area contributed by atoms with Gasteiger partial charge in [-0.2, -0.15) is 0 Å². The zero-order valence-corrected chi connectivity index (χ0v) is 18.2. The summed E-state index contributed by atoms with van der Waals surface area (Å²) >= 11 is 0. The number of hydrogen-bond acceptors (Lipinski definition) is 6. The second-order valence-corrected chi connectivity index (χ2v) is 7.15. The predicted molar refractivity (Wildman–Crippen MR) is 119 cm³/mol. The van der Waals surface area contributed by atoms with Crippen LogP contribution in [0.3, 0.4) is 0 Å². The van der Waals surface area contributed by atoms with Crippen LogP contribution in [-0.2, 0) is 9.59 Å². The molecule has 164 valence electrons. The SMILES string of the molecule is CC(=O)Oc1ccc(C(=O)Nc2ccccc2Oc2ccc(C)c(C)c2)cc1OC(C)=O. The Morgan fingerprint density at radius 1 is 0.719 bits per heavy atom. The van der Waals surface area contributed by atoms with Gasteiger partial charge in [0.05, 0.1) is 5.69 Å². The largest absolute Gasteiger partial charge is 0.455 e. The number of carbonyl (C=O) groups excluding carboxylic acids is 3. The number of amides is 1. The summed E-state index contributed by atoms with van der Waals surface area (Å²) in [6.45, 7) is 6.45. The summed E-state index contributed by atoms with van der Waals surface area (Å²) in [5.74, 6) is -0.499. The van der Waals surface area contributed by atoms with Crippen molar-refractivity contribution in [3.8, 4) is 23.0 Å². The topological polar surface area (TPSA) is 90.9 Å². The van der Waals surface area contributed by atoms with Crippen molar-refractivity contribution in [3.63, 3.8) is 0 Å². The van der Waals surface area contributed by atoms with E-state index < -0.39 is 17.8 Å². The Hall–Kier alpha value is -4.13. The summed E-state index contributed by atoms with van der Waals surface area (Å²) in [4.78, 5) is 35.6. The lowest BCUT2D eigenvalue weighted by molar-refractivity contribution is -0.134. The van der Waals surface area contributed by atoms with Crippen LogP contribution in [0.1, 0.15) is 35.3 Å². The molecule has 0 aromatic heterocycles. The fraction of sp³-hybridized carbons (Fsp3) is 0.160. The predicted octanol–water partition coefficient (Wildman–Crippen LogP) is 5.20. The van der Waals surface area contributed by atoms with Crippen LogP contribution < -0.4 is 19.5 Å². The Balaban J connectivity index is 1.85. The van der Waals surface area contributed by atoms with E-state index in [-0.39, 0.29) is 17.1 Å². The third-order valence-corrected chi connectivity index (χ3v) is 4.55. The molecular formula is C25H23NO6. The molecular weight excluding hydrogens is 410 g/mol.